The summed E-state index contributed by atoms with van der Waals surface area (Å²) in [5.74, 6) is 1.32. The third-order valence-electron chi connectivity index (χ3n) is 9.32. The molecule has 4 heterocycles. The first-order chi connectivity index (χ1) is 23.3. The third kappa shape index (κ3) is 6.57. The molecule has 1 saturated carbocycles. The number of halogens is 2. The second kappa shape index (κ2) is 13.6. The van der Waals surface area contributed by atoms with Crippen LogP contribution in [0.1, 0.15) is 37.1 Å². The molecule has 1 aliphatic carbocycles. The van der Waals surface area contributed by atoms with Crippen molar-refractivity contribution in [2.75, 3.05) is 33.9 Å². The summed E-state index contributed by atoms with van der Waals surface area (Å²) in [7, 11) is 3.14. The molecule has 2 saturated heterocycles. The van der Waals surface area contributed by atoms with Crippen LogP contribution in [0.15, 0.2) is 48.8 Å². The van der Waals surface area contributed by atoms with Crippen LogP contribution in [0.5, 0.6) is 11.8 Å². The Bertz CT molecular complexity index is 1850. The number of rotatable bonds is 12. The molecular weight excluding hydrogens is 653 g/mol. The van der Waals surface area contributed by atoms with Crippen molar-refractivity contribution in [3.05, 3.63) is 70.2 Å². The van der Waals surface area contributed by atoms with Gasteiger partial charge in [0.25, 0.3) is 0 Å². The number of benzene rings is 2. The average Bonchev–Trinajstić information content (AvgIpc) is 3.86. The van der Waals surface area contributed by atoms with E-state index in [2.05, 4.69) is 20.5 Å². The molecule has 48 heavy (non-hydrogen) atoms. The van der Waals surface area contributed by atoms with Crippen molar-refractivity contribution < 1.29 is 19.4 Å². The van der Waals surface area contributed by atoms with Gasteiger partial charge < -0.3 is 25.2 Å². The quantitative estimate of drug-likeness (QED) is 0.188. The zero-order valence-corrected chi connectivity index (χ0v) is 28.3. The highest BCUT2D eigenvalue weighted by Gasteiger charge is 2.51. The minimum absolute atomic E-state index is 0.0836. The minimum atomic E-state index is -0.566. The Morgan fingerprint density at radius 2 is 1.46 bits per heavy atom. The van der Waals surface area contributed by atoms with Gasteiger partial charge in [-0.05, 0) is 25.2 Å². The lowest BCUT2D eigenvalue weighted by Crippen LogP contribution is -2.62. The van der Waals surface area contributed by atoms with E-state index in [1.54, 1.807) is 26.6 Å². The standard InChI is InChI=1S/C35H37Cl2N7O4/c1-47-33-28(14-38-13-21-11-12-30(45)41-21)39-15-26(42-33)24-7-3-5-22(31(24)36)23-6-4-8-25(32(23)37)27-16-40-29(34(43-27)48-2)17-44-18-35(46,19-44)20-9-10-20/h3-8,15-16,20-21,38,46H,9-14,17-19H2,1-2H3,(H,41,45)/t21-/m0/s1. The van der Waals surface area contributed by atoms with E-state index in [1.807, 2.05) is 36.4 Å². The first kappa shape index (κ1) is 32.7. The molecule has 0 spiro atoms. The number of carbonyl (C=O) groups excluding carboxylic acids is 1. The molecule has 0 bridgehead atoms. The van der Waals surface area contributed by atoms with E-state index >= 15 is 0 Å². The van der Waals surface area contributed by atoms with E-state index in [0.29, 0.717) is 101 Å². The first-order valence-electron chi connectivity index (χ1n) is 16.1. The second-order valence-corrected chi connectivity index (χ2v) is 13.5. The SMILES string of the molecule is COc1nc(-c2cccc(-c3cccc(-c4cnc(CN5CC(O)(C6CC6)C5)c(OC)n4)c3Cl)c2Cl)cnc1CNC[C@@H]1CCC(=O)N1. The molecule has 4 aromatic rings. The summed E-state index contributed by atoms with van der Waals surface area (Å²) in [6, 6.07) is 11.5. The lowest BCUT2D eigenvalue weighted by atomic mass is 9.88. The molecule has 3 fully saturated rings. The number of nitrogens with zero attached hydrogens (tertiary/aromatic N) is 5. The van der Waals surface area contributed by atoms with E-state index in [0.717, 1.165) is 30.4 Å². The molecule has 3 aliphatic rings. The molecule has 13 heteroatoms. The van der Waals surface area contributed by atoms with E-state index in [-0.39, 0.29) is 11.9 Å². The Morgan fingerprint density at radius 3 is 2.00 bits per heavy atom. The van der Waals surface area contributed by atoms with Crippen molar-refractivity contribution in [3.63, 3.8) is 0 Å². The zero-order valence-electron chi connectivity index (χ0n) is 26.8. The van der Waals surface area contributed by atoms with Gasteiger partial charge >= 0.3 is 0 Å². The number of β-amino-alcohol motifs (C(OH)–C–C–N with tert-alkyl or cyclic N) is 1. The molecule has 7 rings (SSSR count). The molecule has 250 valence electrons. The van der Waals surface area contributed by atoms with Gasteiger partial charge in [0.1, 0.15) is 11.4 Å². The van der Waals surface area contributed by atoms with E-state index in [4.69, 9.17) is 47.6 Å². The van der Waals surface area contributed by atoms with Crippen LogP contribution in [0.4, 0.5) is 0 Å². The van der Waals surface area contributed by atoms with Gasteiger partial charge in [-0.15, -0.1) is 0 Å². The molecule has 0 radical (unpaired) electrons. The maximum Gasteiger partial charge on any atom is 0.237 e. The molecule has 3 N–H and O–H groups in total. The lowest BCUT2D eigenvalue weighted by molar-refractivity contribution is -0.119. The highest BCUT2D eigenvalue weighted by molar-refractivity contribution is 6.39. The Hall–Kier alpha value is -3.87. The predicted octanol–water partition coefficient (Wildman–Crippen LogP) is 4.92. The molecule has 2 aromatic heterocycles. The van der Waals surface area contributed by atoms with Gasteiger partial charge in [-0.25, -0.2) is 9.97 Å². The number of hydrogen-bond donors (Lipinski definition) is 3. The maximum atomic E-state index is 11.5. The topological polar surface area (TPSA) is 135 Å². The summed E-state index contributed by atoms with van der Waals surface area (Å²) in [6.45, 7) is 2.90. The van der Waals surface area contributed by atoms with Gasteiger partial charge in [-0.3, -0.25) is 19.7 Å². The van der Waals surface area contributed by atoms with Gasteiger partial charge in [0.05, 0.1) is 53.6 Å². The Labute approximate surface area is 289 Å². The predicted molar refractivity (Wildman–Crippen MR) is 183 cm³/mol. The highest BCUT2D eigenvalue weighted by atomic mass is 35.5. The number of ether oxygens (including phenoxy) is 2. The molecule has 11 nitrogen and oxygen atoms in total. The number of aromatic nitrogens is 4. The summed E-state index contributed by atoms with van der Waals surface area (Å²) < 4.78 is 11.2. The van der Waals surface area contributed by atoms with Crippen LogP contribution in [0, 0.1) is 5.92 Å². The van der Waals surface area contributed by atoms with Crippen LogP contribution in [0.2, 0.25) is 10.0 Å². The maximum absolute atomic E-state index is 11.5. The average molecular weight is 691 g/mol. The summed E-state index contributed by atoms with van der Waals surface area (Å²) in [6.07, 6.45) is 6.97. The van der Waals surface area contributed by atoms with Crippen molar-refractivity contribution in [1.29, 1.82) is 0 Å². The van der Waals surface area contributed by atoms with Crippen molar-refractivity contribution in [2.24, 2.45) is 5.92 Å². The van der Waals surface area contributed by atoms with E-state index in [1.165, 1.54) is 0 Å². The fourth-order valence-electron chi connectivity index (χ4n) is 6.61. The number of aliphatic hydroxyl groups is 1. The third-order valence-corrected chi connectivity index (χ3v) is 10.1. The van der Waals surface area contributed by atoms with Gasteiger partial charge in [-0.1, -0.05) is 59.6 Å². The molecule has 2 aromatic carbocycles. The first-order valence-corrected chi connectivity index (χ1v) is 16.8. The normalized spacial score (nSPS) is 18.8. The highest BCUT2D eigenvalue weighted by Crippen LogP contribution is 2.45. The fourth-order valence-corrected chi connectivity index (χ4v) is 7.26. The van der Waals surface area contributed by atoms with Crippen LogP contribution >= 0.6 is 23.2 Å². The Morgan fingerprint density at radius 1 is 0.896 bits per heavy atom. The number of carbonyl (C=O) groups is 1. The number of amides is 1. The van der Waals surface area contributed by atoms with Gasteiger partial charge in [0.15, 0.2) is 0 Å². The van der Waals surface area contributed by atoms with Crippen LogP contribution < -0.4 is 20.1 Å². The molecular formula is C35H37Cl2N7O4. The van der Waals surface area contributed by atoms with Crippen LogP contribution in [0.25, 0.3) is 33.6 Å². The summed E-state index contributed by atoms with van der Waals surface area (Å²) in [5, 5.41) is 17.9. The minimum Gasteiger partial charge on any atom is -0.480 e. The van der Waals surface area contributed by atoms with Crippen molar-refractivity contribution >= 4 is 29.1 Å². The van der Waals surface area contributed by atoms with Crippen LogP contribution in [0.3, 0.4) is 0 Å². The smallest absolute Gasteiger partial charge is 0.237 e. The largest absolute Gasteiger partial charge is 0.480 e. The number of likely N-dealkylation sites (tertiary alicyclic amines) is 1. The molecule has 1 atom stereocenters. The fraction of sp³-hybridized carbons (Fsp3) is 0.400. The van der Waals surface area contributed by atoms with E-state index < -0.39 is 5.60 Å². The Balaban J connectivity index is 1.10. The number of methoxy groups -OCH3 is 2. The lowest BCUT2D eigenvalue weighted by Gasteiger charge is -2.47. The Kier molecular flexibility index (Phi) is 9.23. The van der Waals surface area contributed by atoms with Crippen molar-refractivity contribution in [2.45, 2.75) is 50.4 Å². The van der Waals surface area contributed by atoms with E-state index in [9.17, 15) is 9.90 Å². The zero-order chi connectivity index (χ0) is 33.4. The number of nitrogens with one attached hydrogen (secondary N) is 2. The second-order valence-electron chi connectivity index (χ2n) is 12.7. The summed E-state index contributed by atoms with van der Waals surface area (Å²) >= 11 is 14.1. The van der Waals surface area contributed by atoms with Gasteiger partial charge in [0.2, 0.25) is 17.7 Å². The van der Waals surface area contributed by atoms with Gasteiger partial charge in [0, 0.05) is 67.4 Å². The van der Waals surface area contributed by atoms with Crippen molar-refractivity contribution in [3.8, 4) is 45.4 Å². The van der Waals surface area contributed by atoms with Crippen LogP contribution in [-0.4, -0.2) is 81.3 Å². The molecule has 1 amide bonds. The van der Waals surface area contributed by atoms with Crippen molar-refractivity contribution in [1.82, 2.24) is 35.5 Å². The number of hydrogen-bond acceptors (Lipinski definition) is 10. The summed E-state index contributed by atoms with van der Waals surface area (Å²) in [5.41, 5.74) is 4.75. The van der Waals surface area contributed by atoms with Gasteiger partial charge in [-0.2, -0.15) is 0 Å². The monoisotopic (exact) mass is 689 g/mol. The molecule has 2 aliphatic heterocycles. The summed E-state index contributed by atoms with van der Waals surface area (Å²) in [4.78, 5) is 32.5. The molecule has 0 unspecified atom stereocenters. The van der Waals surface area contributed by atoms with Crippen LogP contribution in [-0.2, 0) is 17.9 Å².